The highest BCUT2D eigenvalue weighted by atomic mass is 16.2. The van der Waals surface area contributed by atoms with E-state index >= 15 is 0 Å². The lowest BCUT2D eigenvalue weighted by atomic mass is 10.1. The zero-order chi connectivity index (χ0) is 20.2. The fourth-order valence-electron chi connectivity index (χ4n) is 3.35. The number of carbonyl (C=O) groups is 1. The average molecular weight is 384 g/mol. The molecule has 1 aromatic carbocycles. The van der Waals surface area contributed by atoms with Crippen LogP contribution in [0.3, 0.4) is 0 Å². The van der Waals surface area contributed by atoms with Crippen LogP contribution in [0.4, 0.5) is 22.0 Å². The Morgan fingerprint density at radius 1 is 1.28 bits per heavy atom. The van der Waals surface area contributed by atoms with Gasteiger partial charge >= 0.3 is 6.03 Å². The van der Waals surface area contributed by atoms with Crippen LogP contribution in [0.1, 0.15) is 18.9 Å². The number of fused-ring (bicyclic) bond motifs is 1. The molecule has 29 heavy (non-hydrogen) atoms. The van der Waals surface area contributed by atoms with Crippen LogP contribution in [0.15, 0.2) is 60.9 Å². The molecule has 144 valence electrons. The van der Waals surface area contributed by atoms with Gasteiger partial charge in [0.05, 0.1) is 34.9 Å². The summed E-state index contributed by atoms with van der Waals surface area (Å²) in [5.74, 6) is 0.566. The molecule has 2 aromatic heterocycles. The topological polar surface area (TPSA) is 93.9 Å². The van der Waals surface area contributed by atoms with Crippen molar-refractivity contribution in [3.05, 3.63) is 66.5 Å². The summed E-state index contributed by atoms with van der Waals surface area (Å²) in [7, 11) is 0. The SMILES string of the molecule is C[C@@H]1CCNc2ccc(-c3cccc(C#N)c3)nc2N1C(=O)Nc1cccnc1. The summed E-state index contributed by atoms with van der Waals surface area (Å²) in [6.07, 6.45) is 4.06. The second-order valence-corrected chi connectivity index (χ2v) is 6.87. The normalized spacial score (nSPS) is 15.4. The largest absolute Gasteiger partial charge is 0.382 e. The standard InChI is InChI=1S/C22H20N6O/c1-15-9-11-25-20-8-7-19(17-5-2-4-16(12-17)13-23)27-21(20)28(15)22(29)26-18-6-3-10-24-14-18/h2-8,10,12,14-15,25H,9,11H2,1H3,(H,26,29)/t15-/m1/s1. The van der Waals surface area contributed by atoms with E-state index in [1.54, 1.807) is 41.6 Å². The molecule has 3 aromatic rings. The van der Waals surface area contributed by atoms with E-state index in [0.29, 0.717) is 22.8 Å². The van der Waals surface area contributed by atoms with Crippen LogP contribution in [0.2, 0.25) is 0 Å². The van der Waals surface area contributed by atoms with E-state index in [9.17, 15) is 10.1 Å². The Bertz CT molecular complexity index is 1080. The number of aromatic nitrogens is 2. The van der Waals surface area contributed by atoms with Crippen molar-refractivity contribution in [3.63, 3.8) is 0 Å². The number of urea groups is 1. The van der Waals surface area contributed by atoms with Crippen LogP contribution in [-0.4, -0.2) is 28.6 Å². The lowest BCUT2D eigenvalue weighted by Gasteiger charge is -2.27. The molecular formula is C22H20N6O. The number of amides is 2. The third kappa shape index (κ3) is 3.87. The number of pyridine rings is 2. The molecule has 2 N–H and O–H groups in total. The summed E-state index contributed by atoms with van der Waals surface area (Å²) in [4.78, 5) is 23.6. The monoisotopic (exact) mass is 384 g/mol. The molecule has 1 aliphatic rings. The number of carbonyl (C=O) groups excluding carboxylic acids is 1. The van der Waals surface area contributed by atoms with E-state index < -0.39 is 0 Å². The Labute approximate surface area is 169 Å². The van der Waals surface area contributed by atoms with Crippen molar-refractivity contribution >= 4 is 23.2 Å². The molecule has 0 bridgehead atoms. The van der Waals surface area contributed by atoms with Gasteiger partial charge in [0.15, 0.2) is 5.82 Å². The fraction of sp³-hybridized carbons (Fsp3) is 0.182. The first kappa shape index (κ1) is 18.4. The highest BCUT2D eigenvalue weighted by Gasteiger charge is 2.28. The van der Waals surface area contributed by atoms with Gasteiger partial charge in [-0.15, -0.1) is 0 Å². The molecule has 0 fully saturated rings. The van der Waals surface area contributed by atoms with Gasteiger partial charge in [0, 0.05) is 24.3 Å². The highest BCUT2D eigenvalue weighted by molar-refractivity contribution is 6.03. The smallest absolute Gasteiger partial charge is 0.327 e. The van der Waals surface area contributed by atoms with Crippen LogP contribution in [0.25, 0.3) is 11.3 Å². The second kappa shape index (κ2) is 7.98. The van der Waals surface area contributed by atoms with Crippen LogP contribution in [0, 0.1) is 11.3 Å². The van der Waals surface area contributed by atoms with Crippen LogP contribution >= 0.6 is 0 Å². The number of nitriles is 1. The minimum Gasteiger partial charge on any atom is -0.382 e. The summed E-state index contributed by atoms with van der Waals surface area (Å²) in [5.41, 5.74) is 3.53. The van der Waals surface area contributed by atoms with Gasteiger partial charge in [-0.3, -0.25) is 9.88 Å². The van der Waals surface area contributed by atoms with E-state index in [1.807, 2.05) is 31.2 Å². The Morgan fingerprint density at radius 2 is 2.17 bits per heavy atom. The molecule has 0 aliphatic carbocycles. The first-order valence-electron chi connectivity index (χ1n) is 9.41. The minimum absolute atomic E-state index is 0.0476. The zero-order valence-electron chi connectivity index (χ0n) is 16.0. The van der Waals surface area contributed by atoms with Gasteiger partial charge in [-0.05, 0) is 49.7 Å². The van der Waals surface area contributed by atoms with Gasteiger partial charge < -0.3 is 10.6 Å². The maximum Gasteiger partial charge on any atom is 0.327 e. The number of hydrogen-bond acceptors (Lipinski definition) is 5. The summed E-state index contributed by atoms with van der Waals surface area (Å²) >= 11 is 0. The maximum absolute atomic E-state index is 13.1. The van der Waals surface area contributed by atoms with Crippen molar-refractivity contribution in [1.82, 2.24) is 9.97 Å². The van der Waals surface area contributed by atoms with Gasteiger partial charge in [-0.2, -0.15) is 5.26 Å². The van der Waals surface area contributed by atoms with Gasteiger partial charge in [-0.1, -0.05) is 12.1 Å². The maximum atomic E-state index is 13.1. The lowest BCUT2D eigenvalue weighted by Crippen LogP contribution is -2.42. The van der Waals surface area contributed by atoms with Gasteiger partial charge in [0.1, 0.15) is 0 Å². The molecule has 0 radical (unpaired) electrons. The lowest BCUT2D eigenvalue weighted by molar-refractivity contribution is 0.255. The number of hydrogen-bond donors (Lipinski definition) is 2. The quantitative estimate of drug-likeness (QED) is 0.689. The molecule has 2 amide bonds. The minimum atomic E-state index is -0.258. The zero-order valence-corrected chi connectivity index (χ0v) is 16.0. The van der Waals surface area contributed by atoms with Crippen molar-refractivity contribution in [2.24, 2.45) is 0 Å². The summed E-state index contributed by atoms with van der Waals surface area (Å²) in [6, 6.07) is 16.5. The Morgan fingerprint density at radius 3 is 2.97 bits per heavy atom. The van der Waals surface area contributed by atoms with Gasteiger partial charge in [0.25, 0.3) is 0 Å². The van der Waals surface area contributed by atoms with Crippen LogP contribution in [-0.2, 0) is 0 Å². The summed E-state index contributed by atoms with van der Waals surface area (Å²) in [5, 5.41) is 15.4. The van der Waals surface area contributed by atoms with Crippen molar-refractivity contribution in [3.8, 4) is 17.3 Å². The van der Waals surface area contributed by atoms with Crippen LogP contribution < -0.4 is 15.5 Å². The Balaban J connectivity index is 1.73. The highest BCUT2D eigenvalue weighted by Crippen LogP contribution is 2.32. The number of nitrogens with zero attached hydrogens (tertiary/aromatic N) is 4. The van der Waals surface area contributed by atoms with Crippen molar-refractivity contribution in [2.45, 2.75) is 19.4 Å². The Hall–Kier alpha value is -3.92. The molecule has 1 atom stereocenters. The molecule has 0 saturated heterocycles. The number of anilines is 3. The van der Waals surface area contributed by atoms with Gasteiger partial charge in [-0.25, -0.2) is 9.78 Å². The molecule has 0 saturated carbocycles. The van der Waals surface area contributed by atoms with E-state index in [-0.39, 0.29) is 12.1 Å². The van der Waals surface area contributed by atoms with Crippen molar-refractivity contribution in [1.29, 1.82) is 5.26 Å². The van der Waals surface area contributed by atoms with E-state index in [1.165, 1.54) is 0 Å². The number of nitrogens with one attached hydrogen (secondary N) is 2. The first-order chi connectivity index (χ1) is 14.2. The first-order valence-corrected chi connectivity index (χ1v) is 9.41. The average Bonchev–Trinajstić information content (AvgIpc) is 2.92. The molecule has 7 heteroatoms. The molecular weight excluding hydrogens is 364 g/mol. The van der Waals surface area contributed by atoms with Crippen molar-refractivity contribution < 1.29 is 4.79 Å². The van der Waals surface area contributed by atoms with E-state index in [4.69, 9.17) is 4.98 Å². The summed E-state index contributed by atoms with van der Waals surface area (Å²) in [6.45, 7) is 2.75. The molecule has 7 nitrogen and oxygen atoms in total. The predicted octanol–water partition coefficient (Wildman–Crippen LogP) is 4.26. The molecule has 3 heterocycles. The second-order valence-electron chi connectivity index (χ2n) is 6.87. The third-order valence-corrected chi connectivity index (χ3v) is 4.84. The number of benzene rings is 1. The van der Waals surface area contributed by atoms with E-state index in [0.717, 1.165) is 24.2 Å². The molecule has 1 aliphatic heterocycles. The van der Waals surface area contributed by atoms with E-state index in [2.05, 4.69) is 21.7 Å². The fourth-order valence-corrected chi connectivity index (χ4v) is 3.35. The molecule has 0 spiro atoms. The number of rotatable bonds is 2. The predicted molar refractivity (Wildman–Crippen MR) is 113 cm³/mol. The van der Waals surface area contributed by atoms with Gasteiger partial charge in [0.2, 0.25) is 0 Å². The third-order valence-electron chi connectivity index (χ3n) is 4.84. The Kier molecular flexibility index (Phi) is 5.08. The molecule has 0 unspecified atom stereocenters. The van der Waals surface area contributed by atoms with Crippen LogP contribution in [0.5, 0.6) is 0 Å². The summed E-state index contributed by atoms with van der Waals surface area (Å²) < 4.78 is 0. The van der Waals surface area contributed by atoms with Crippen molar-refractivity contribution in [2.75, 3.05) is 22.1 Å². The molecule has 4 rings (SSSR count).